The number of fused-ring (bicyclic) bond motifs is 3. The van der Waals surface area contributed by atoms with Crippen LogP contribution < -0.4 is 4.74 Å². The van der Waals surface area contributed by atoms with E-state index >= 15 is 0 Å². The molecular weight excluding hydrogens is 288 g/mol. The monoisotopic (exact) mass is 302 g/mol. The van der Waals surface area contributed by atoms with Crippen LogP contribution in [0.4, 0.5) is 0 Å². The van der Waals surface area contributed by atoms with Gasteiger partial charge in [-0.3, -0.25) is 0 Å². The smallest absolute Gasteiger partial charge is 0.304 e. The summed E-state index contributed by atoms with van der Waals surface area (Å²) in [6.07, 6.45) is 5.01. The molecule has 1 aliphatic carbocycles. The second-order valence-electron chi connectivity index (χ2n) is 5.32. The fourth-order valence-corrected chi connectivity index (χ4v) is 4.28. The minimum Gasteiger partial charge on any atom is -0.462 e. The van der Waals surface area contributed by atoms with E-state index in [9.17, 15) is 8.42 Å². The minimum absolute atomic E-state index is 0.0144. The average molecular weight is 302 g/mol. The molecule has 0 saturated heterocycles. The molecule has 4 rings (SSSR count). The van der Waals surface area contributed by atoms with Gasteiger partial charge in [-0.05, 0) is 24.3 Å². The van der Waals surface area contributed by atoms with Crippen LogP contribution in [0, 0.1) is 5.92 Å². The van der Waals surface area contributed by atoms with Gasteiger partial charge in [0, 0.05) is 11.3 Å². The zero-order chi connectivity index (χ0) is 14.4. The summed E-state index contributed by atoms with van der Waals surface area (Å²) >= 11 is 0. The molecule has 5 heteroatoms. The second-order valence-corrected chi connectivity index (χ2v) is 6.83. The summed E-state index contributed by atoms with van der Waals surface area (Å²) in [5.74, 6) is 0.365. The SMILES string of the molecule is O=S1(=O)OC(C2C=CCC2)Oc2ccc3ccccc3c21. The van der Waals surface area contributed by atoms with Crippen molar-refractivity contribution in [1.82, 2.24) is 0 Å². The van der Waals surface area contributed by atoms with Gasteiger partial charge in [-0.2, -0.15) is 8.42 Å². The Bertz CT molecular complexity index is 838. The molecule has 0 spiro atoms. The average Bonchev–Trinajstić information content (AvgIpc) is 3.00. The molecule has 0 fully saturated rings. The summed E-state index contributed by atoms with van der Waals surface area (Å²) in [6.45, 7) is 0. The normalized spacial score (nSPS) is 26.5. The molecule has 4 nitrogen and oxygen atoms in total. The zero-order valence-electron chi connectivity index (χ0n) is 11.2. The van der Waals surface area contributed by atoms with Gasteiger partial charge in [0.05, 0.1) is 0 Å². The summed E-state index contributed by atoms with van der Waals surface area (Å²) < 4.78 is 36.2. The third kappa shape index (κ3) is 2.04. The predicted octanol–water partition coefficient (Wildman–Crippen LogP) is 3.23. The van der Waals surface area contributed by atoms with E-state index in [2.05, 4.69) is 0 Å². The molecule has 1 heterocycles. The Morgan fingerprint density at radius 3 is 2.76 bits per heavy atom. The number of rotatable bonds is 1. The van der Waals surface area contributed by atoms with Gasteiger partial charge in [0.2, 0.25) is 6.29 Å². The van der Waals surface area contributed by atoms with Crippen molar-refractivity contribution >= 4 is 20.9 Å². The quantitative estimate of drug-likeness (QED) is 0.599. The first-order valence-electron chi connectivity index (χ1n) is 6.93. The van der Waals surface area contributed by atoms with Crippen LogP contribution in [0.15, 0.2) is 53.4 Å². The molecule has 0 N–H and O–H groups in total. The molecule has 2 unspecified atom stereocenters. The Balaban J connectivity index is 1.88. The number of benzene rings is 2. The Morgan fingerprint density at radius 1 is 1.10 bits per heavy atom. The highest BCUT2D eigenvalue weighted by molar-refractivity contribution is 7.87. The van der Waals surface area contributed by atoms with Crippen molar-refractivity contribution in [2.45, 2.75) is 24.0 Å². The van der Waals surface area contributed by atoms with Crippen molar-refractivity contribution in [3.63, 3.8) is 0 Å². The Kier molecular flexibility index (Phi) is 2.80. The van der Waals surface area contributed by atoms with Crippen molar-refractivity contribution in [2.24, 2.45) is 5.92 Å². The van der Waals surface area contributed by atoms with Gasteiger partial charge in [-0.1, -0.05) is 42.5 Å². The fourth-order valence-electron chi connectivity index (χ4n) is 2.93. The topological polar surface area (TPSA) is 52.6 Å². The largest absolute Gasteiger partial charge is 0.462 e. The maximum absolute atomic E-state index is 12.5. The number of ether oxygens (including phenoxy) is 1. The Labute approximate surface area is 123 Å². The van der Waals surface area contributed by atoms with Crippen LogP contribution in [0.5, 0.6) is 5.75 Å². The second kappa shape index (κ2) is 4.58. The van der Waals surface area contributed by atoms with E-state index < -0.39 is 16.4 Å². The van der Waals surface area contributed by atoms with Crippen LogP contribution in [-0.2, 0) is 14.3 Å². The van der Waals surface area contributed by atoms with Crippen molar-refractivity contribution in [3.05, 3.63) is 48.6 Å². The van der Waals surface area contributed by atoms with Gasteiger partial charge >= 0.3 is 10.1 Å². The molecule has 2 atom stereocenters. The highest BCUT2D eigenvalue weighted by Gasteiger charge is 2.38. The van der Waals surface area contributed by atoms with Gasteiger partial charge in [0.25, 0.3) is 0 Å². The fraction of sp³-hybridized carbons (Fsp3) is 0.250. The predicted molar refractivity (Wildman–Crippen MR) is 78.5 cm³/mol. The first kappa shape index (κ1) is 12.9. The Hall–Kier alpha value is -1.85. The van der Waals surface area contributed by atoms with E-state index in [1.807, 2.05) is 36.4 Å². The molecule has 0 amide bonds. The molecule has 1 aliphatic heterocycles. The molecule has 0 bridgehead atoms. The molecule has 0 aromatic heterocycles. The molecule has 2 aliphatic rings. The molecule has 21 heavy (non-hydrogen) atoms. The van der Waals surface area contributed by atoms with Crippen molar-refractivity contribution < 1.29 is 17.3 Å². The van der Waals surface area contributed by atoms with E-state index in [0.717, 1.165) is 18.2 Å². The van der Waals surface area contributed by atoms with Crippen LogP contribution in [-0.4, -0.2) is 14.7 Å². The Morgan fingerprint density at radius 2 is 1.95 bits per heavy atom. The van der Waals surface area contributed by atoms with Crippen molar-refractivity contribution in [3.8, 4) is 5.75 Å². The number of allylic oxidation sites excluding steroid dienone is 1. The zero-order valence-corrected chi connectivity index (χ0v) is 12.0. The van der Waals surface area contributed by atoms with E-state index in [1.165, 1.54) is 0 Å². The third-order valence-electron chi connectivity index (χ3n) is 3.96. The molecule has 108 valence electrons. The van der Waals surface area contributed by atoms with Gasteiger partial charge < -0.3 is 4.74 Å². The molecule has 0 radical (unpaired) electrons. The standard InChI is InChI=1S/C16H14O4S/c17-21(18)15-13-8-4-3-5-11(13)9-10-14(15)19-16(20-21)12-6-1-2-7-12/h1,3-6,8-10,12,16H,2,7H2. The van der Waals surface area contributed by atoms with Crippen LogP contribution in [0.3, 0.4) is 0 Å². The first-order valence-corrected chi connectivity index (χ1v) is 8.34. The molecule has 0 saturated carbocycles. The van der Waals surface area contributed by atoms with Crippen LogP contribution in [0.25, 0.3) is 10.8 Å². The molecule has 2 aromatic rings. The maximum Gasteiger partial charge on any atom is 0.304 e. The lowest BCUT2D eigenvalue weighted by molar-refractivity contribution is -0.0323. The summed E-state index contributed by atoms with van der Waals surface area (Å²) in [5, 5.41) is 1.49. The summed E-state index contributed by atoms with van der Waals surface area (Å²) in [6, 6.07) is 10.9. The summed E-state index contributed by atoms with van der Waals surface area (Å²) in [4.78, 5) is 0.138. The first-order chi connectivity index (χ1) is 10.1. The highest BCUT2D eigenvalue weighted by atomic mass is 32.2. The van der Waals surface area contributed by atoms with E-state index in [-0.39, 0.29) is 10.8 Å². The van der Waals surface area contributed by atoms with Crippen molar-refractivity contribution in [2.75, 3.05) is 0 Å². The van der Waals surface area contributed by atoms with Gasteiger partial charge in [0.1, 0.15) is 10.6 Å². The maximum atomic E-state index is 12.5. The lowest BCUT2D eigenvalue weighted by Gasteiger charge is -2.29. The number of hydrogen-bond donors (Lipinski definition) is 0. The molecular formula is C16H14O4S. The summed E-state index contributed by atoms with van der Waals surface area (Å²) in [7, 11) is -3.81. The van der Waals surface area contributed by atoms with Crippen LogP contribution in [0.2, 0.25) is 0 Å². The number of hydrogen-bond acceptors (Lipinski definition) is 4. The van der Waals surface area contributed by atoms with Crippen molar-refractivity contribution in [1.29, 1.82) is 0 Å². The van der Waals surface area contributed by atoms with Gasteiger partial charge in [-0.25, -0.2) is 4.18 Å². The van der Waals surface area contributed by atoms with E-state index in [1.54, 1.807) is 12.1 Å². The van der Waals surface area contributed by atoms with Crippen LogP contribution >= 0.6 is 0 Å². The van der Waals surface area contributed by atoms with Crippen LogP contribution in [0.1, 0.15) is 12.8 Å². The van der Waals surface area contributed by atoms with Gasteiger partial charge in [0.15, 0.2) is 0 Å². The minimum atomic E-state index is -3.81. The highest BCUT2D eigenvalue weighted by Crippen LogP contribution is 2.40. The lowest BCUT2D eigenvalue weighted by Crippen LogP contribution is -2.35. The van der Waals surface area contributed by atoms with E-state index in [0.29, 0.717) is 11.1 Å². The summed E-state index contributed by atoms with van der Waals surface area (Å²) in [5.41, 5.74) is 0. The lowest BCUT2D eigenvalue weighted by atomic mass is 10.1. The van der Waals surface area contributed by atoms with E-state index in [4.69, 9.17) is 8.92 Å². The molecule has 2 aromatic carbocycles. The van der Waals surface area contributed by atoms with Gasteiger partial charge in [-0.15, -0.1) is 0 Å². The third-order valence-corrected chi connectivity index (χ3v) is 5.32.